The number of rotatable bonds is 6. The first kappa shape index (κ1) is 15.8. The maximum atomic E-state index is 4.78. The molecular weight excluding hydrogens is 338 g/mol. The summed E-state index contributed by atoms with van der Waals surface area (Å²) in [6, 6.07) is 2.09. The normalized spacial score (nSPS) is 14.6. The first-order chi connectivity index (χ1) is 11.8. The third-order valence-corrected chi connectivity index (χ3v) is 6.03. The number of fused-ring (bicyclic) bond motifs is 1. The molecule has 1 fully saturated rings. The van der Waals surface area contributed by atoms with Crippen LogP contribution in [0.4, 0.5) is 10.9 Å². The molecule has 0 saturated carbocycles. The predicted molar refractivity (Wildman–Crippen MR) is 103 cm³/mol. The van der Waals surface area contributed by atoms with Crippen molar-refractivity contribution in [2.75, 3.05) is 29.9 Å². The van der Waals surface area contributed by atoms with Gasteiger partial charge in [0.05, 0.1) is 11.1 Å². The van der Waals surface area contributed by atoms with Crippen molar-refractivity contribution in [3.05, 3.63) is 28.3 Å². The lowest BCUT2D eigenvalue weighted by Crippen LogP contribution is -2.17. The summed E-state index contributed by atoms with van der Waals surface area (Å²) in [5.74, 6) is 1.85. The average molecular weight is 360 g/mol. The molecule has 4 heterocycles. The summed E-state index contributed by atoms with van der Waals surface area (Å²) in [5, 5.41) is 10.0. The van der Waals surface area contributed by atoms with Crippen LogP contribution in [0.25, 0.3) is 10.2 Å². The summed E-state index contributed by atoms with van der Waals surface area (Å²) < 4.78 is 0. The standard InChI is InChI=1S/C17H21N5S2/c1-2-14-20-15(13-6-10-23-16(13)21-14)18-7-5-12-11-24-17(19-12)22-8-3-4-9-22/h6,10-11H,2-5,7-9H2,1H3,(H,18,20,21). The molecule has 0 unspecified atom stereocenters. The maximum absolute atomic E-state index is 4.78. The van der Waals surface area contributed by atoms with Crippen molar-refractivity contribution >= 4 is 43.8 Å². The highest BCUT2D eigenvalue weighted by Crippen LogP contribution is 2.26. The molecule has 1 N–H and O–H groups in total. The van der Waals surface area contributed by atoms with E-state index in [4.69, 9.17) is 4.98 Å². The molecule has 1 saturated heterocycles. The lowest BCUT2D eigenvalue weighted by molar-refractivity contribution is 0.916. The Labute approximate surface area is 149 Å². The van der Waals surface area contributed by atoms with Crippen LogP contribution in [0.1, 0.15) is 31.3 Å². The van der Waals surface area contributed by atoms with Crippen molar-refractivity contribution in [1.29, 1.82) is 0 Å². The van der Waals surface area contributed by atoms with E-state index in [1.54, 1.807) is 22.7 Å². The van der Waals surface area contributed by atoms with Crippen molar-refractivity contribution in [2.24, 2.45) is 0 Å². The average Bonchev–Trinajstić information content (AvgIpc) is 3.34. The van der Waals surface area contributed by atoms with Crippen LogP contribution in [0.2, 0.25) is 0 Å². The van der Waals surface area contributed by atoms with Gasteiger partial charge in [0.25, 0.3) is 0 Å². The van der Waals surface area contributed by atoms with Gasteiger partial charge in [-0.15, -0.1) is 22.7 Å². The van der Waals surface area contributed by atoms with Gasteiger partial charge >= 0.3 is 0 Å². The van der Waals surface area contributed by atoms with Gasteiger partial charge in [-0.3, -0.25) is 0 Å². The second-order valence-electron chi connectivity index (χ2n) is 5.97. The molecular formula is C17H21N5S2. The molecule has 24 heavy (non-hydrogen) atoms. The second kappa shape index (κ2) is 7.03. The van der Waals surface area contributed by atoms with Gasteiger partial charge in [0.15, 0.2) is 5.13 Å². The number of aryl methyl sites for hydroxylation is 1. The van der Waals surface area contributed by atoms with Crippen LogP contribution in [-0.2, 0) is 12.8 Å². The number of hydrogen-bond acceptors (Lipinski definition) is 7. The number of anilines is 2. The predicted octanol–water partition coefficient (Wildman–Crippen LogP) is 3.97. The lowest BCUT2D eigenvalue weighted by Gasteiger charge is -2.12. The van der Waals surface area contributed by atoms with Gasteiger partial charge in [0.1, 0.15) is 16.5 Å². The smallest absolute Gasteiger partial charge is 0.185 e. The number of nitrogens with zero attached hydrogens (tertiary/aromatic N) is 4. The summed E-state index contributed by atoms with van der Waals surface area (Å²) in [5.41, 5.74) is 1.17. The van der Waals surface area contributed by atoms with E-state index in [-0.39, 0.29) is 0 Å². The van der Waals surface area contributed by atoms with Gasteiger partial charge in [-0.2, -0.15) is 0 Å². The Balaban J connectivity index is 1.41. The van der Waals surface area contributed by atoms with Crippen molar-refractivity contribution in [1.82, 2.24) is 15.0 Å². The highest BCUT2D eigenvalue weighted by atomic mass is 32.1. The number of nitrogens with one attached hydrogen (secondary N) is 1. The van der Waals surface area contributed by atoms with Gasteiger partial charge in [0.2, 0.25) is 0 Å². The fourth-order valence-electron chi connectivity index (χ4n) is 2.97. The van der Waals surface area contributed by atoms with E-state index in [0.717, 1.165) is 54.3 Å². The molecule has 0 aliphatic carbocycles. The van der Waals surface area contributed by atoms with E-state index in [0.29, 0.717) is 0 Å². The molecule has 0 amide bonds. The zero-order valence-corrected chi connectivity index (χ0v) is 15.4. The van der Waals surface area contributed by atoms with Gasteiger partial charge in [-0.05, 0) is 24.3 Å². The fourth-order valence-corrected chi connectivity index (χ4v) is 4.66. The number of hydrogen-bond donors (Lipinski definition) is 1. The Morgan fingerprint density at radius 1 is 1.17 bits per heavy atom. The van der Waals surface area contributed by atoms with Crippen LogP contribution in [0.15, 0.2) is 16.8 Å². The Bertz CT molecular complexity index is 819. The number of thiazole rings is 1. The zero-order valence-electron chi connectivity index (χ0n) is 13.8. The first-order valence-corrected chi connectivity index (χ1v) is 10.3. The molecule has 1 aliphatic heterocycles. The summed E-state index contributed by atoms with van der Waals surface area (Å²) in [7, 11) is 0. The Morgan fingerprint density at radius 3 is 2.88 bits per heavy atom. The monoisotopic (exact) mass is 359 g/mol. The summed E-state index contributed by atoms with van der Waals surface area (Å²) in [6.45, 7) is 5.24. The summed E-state index contributed by atoms with van der Waals surface area (Å²) in [4.78, 5) is 17.5. The Hall–Kier alpha value is -1.73. The van der Waals surface area contributed by atoms with Crippen LogP contribution in [0, 0.1) is 0 Å². The van der Waals surface area contributed by atoms with Crippen LogP contribution < -0.4 is 10.2 Å². The van der Waals surface area contributed by atoms with Crippen LogP contribution >= 0.6 is 22.7 Å². The third-order valence-electron chi connectivity index (χ3n) is 4.28. The molecule has 3 aromatic heterocycles. The van der Waals surface area contributed by atoms with Crippen molar-refractivity contribution in [3.8, 4) is 0 Å². The van der Waals surface area contributed by atoms with Gasteiger partial charge < -0.3 is 10.2 Å². The Morgan fingerprint density at radius 2 is 2.04 bits per heavy atom. The SMILES string of the molecule is CCc1nc(NCCc2csc(N3CCCC3)n2)c2ccsc2n1. The van der Waals surface area contributed by atoms with Crippen LogP contribution in [-0.4, -0.2) is 34.6 Å². The minimum atomic E-state index is 0.842. The minimum absolute atomic E-state index is 0.842. The first-order valence-electron chi connectivity index (χ1n) is 8.51. The van der Waals surface area contributed by atoms with E-state index in [1.165, 1.54) is 23.7 Å². The highest BCUT2D eigenvalue weighted by Gasteiger charge is 2.15. The van der Waals surface area contributed by atoms with E-state index in [9.17, 15) is 0 Å². The maximum Gasteiger partial charge on any atom is 0.185 e. The number of aromatic nitrogens is 3. The topological polar surface area (TPSA) is 53.9 Å². The molecule has 4 rings (SSSR count). The molecule has 0 spiro atoms. The molecule has 0 bridgehead atoms. The van der Waals surface area contributed by atoms with Crippen LogP contribution in [0.5, 0.6) is 0 Å². The lowest BCUT2D eigenvalue weighted by atomic mass is 10.3. The molecule has 1 aliphatic rings. The molecule has 7 heteroatoms. The summed E-state index contributed by atoms with van der Waals surface area (Å²) in [6.07, 6.45) is 4.36. The highest BCUT2D eigenvalue weighted by molar-refractivity contribution is 7.16. The van der Waals surface area contributed by atoms with E-state index >= 15 is 0 Å². The van der Waals surface area contributed by atoms with E-state index in [2.05, 4.69) is 43.9 Å². The molecule has 126 valence electrons. The fraction of sp³-hybridized carbons (Fsp3) is 0.471. The van der Waals surface area contributed by atoms with Crippen molar-refractivity contribution < 1.29 is 0 Å². The molecule has 0 radical (unpaired) electrons. The summed E-state index contributed by atoms with van der Waals surface area (Å²) >= 11 is 3.44. The molecule has 5 nitrogen and oxygen atoms in total. The quantitative estimate of drug-likeness (QED) is 0.722. The number of thiophene rings is 1. The molecule has 3 aromatic rings. The van der Waals surface area contributed by atoms with Crippen LogP contribution in [0.3, 0.4) is 0 Å². The zero-order chi connectivity index (χ0) is 16.4. The van der Waals surface area contributed by atoms with Gasteiger partial charge in [-0.25, -0.2) is 15.0 Å². The van der Waals surface area contributed by atoms with Gasteiger partial charge in [0, 0.05) is 37.9 Å². The van der Waals surface area contributed by atoms with Crippen molar-refractivity contribution in [2.45, 2.75) is 32.6 Å². The largest absolute Gasteiger partial charge is 0.369 e. The molecule has 0 atom stereocenters. The van der Waals surface area contributed by atoms with E-state index in [1.807, 2.05) is 0 Å². The minimum Gasteiger partial charge on any atom is -0.369 e. The molecule has 0 aromatic carbocycles. The van der Waals surface area contributed by atoms with Crippen molar-refractivity contribution in [3.63, 3.8) is 0 Å². The second-order valence-corrected chi connectivity index (χ2v) is 7.70. The van der Waals surface area contributed by atoms with Gasteiger partial charge in [-0.1, -0.05) is 6.92 Å². The van der Waals surface area contributed by atoms with E-state index < -0.39 is 0 Å². The Kier molecular flexibility index (Phi) is 4.62. The third kappa shape index (κ3) is 3.23.